The van der Waals surface area contributed by atoms with Gasteiger partial charge in [-0.05, 0) is 18.2 Å². The zero-order chi connectivity index (χ0) is 18.4. The Morgan fingerprint density at radius 2 is 2.00 bits per heavy atom. The molecular formula is C17H22N4O3S. The summed E-state index contributed by atoms with van der Waals surface area (Å²) in [5.41, 5.74) is 0.0473. The van der Waals surface area contributed by atoms with Crippen LogP contribution in [-0.4, -0.2) is 35.7 Å². The Kier molecular flexibility index (Phi) is 6.08. The van der Waals surface area contributed by atoms with Gasteiger partial charge >= 0.3 is 0 Å². The maximum atomic E-state index is 12.1. The van der Waals surface area contributed by atoms with Crippen LogP contribution in [0.2, 0.25) is 0 Å². The fourth-order valence-corrected chi connectivity index (χ4v) is 2.57. The standard InChI is InChI=1S/C17H22N4O3S/c1-17(2,3)15(23)19-16-21-20-13(25-16)8-9-18-14(22)11-6-5-7-12(10-11)24-4/h5-7,10H,8-9H2,1-4H3,(H,18,22)(H,19,21,23). The van der Waals surface area contributed by atoms with Crippen molar-refractivity contribution in [1.29, 1.82) is 0 Å². The molecular weight excluding hydrogens is 340 g/mol. The fraction of sp³-hybridized carbons (Fsp3) is 0.412. The minimum Gasteiger partial charge on any atom is -0.497 e. The van der Waals surface area contributed by atoms with E-state index in [-0.39, 0.29) is 11.8 Å². The maximum Gasteiger partial charge on any atom is 0.251 e. The molecule has 0 aliphatic rings. The molecule has 0 aliphatic heterocycles. The van der Waals surface area contributed by atoms with E-state index in [0.717, 1.165) is 5.01 Å². The van der Waals surface area contributed by atoms with Gasteiger partial charge in [0, 0.05) is 23.9 Å². The first-order valence-corrected chi connectivity index (χ1v) is 8.67. The number of hydrogen-bond donors (Lipinski definition) is 2. The van der Waals surface area contributed by atoms with Crippen molar-refractivity contribution in [3.05, 3.63) is 34.8 Å². The van der Waals surface area contributed by atoms with Crippen LogP contribution in [0.4, 0.5) is 5.13 Å². The second kappa shape index (κ2) is 8.06. The lowest BCUT2D eigenvalue weighted by molar-refractivity contribution is -0.123. The molecule has 2 rings (SSSR count). The molecule has 134 valence electrons. The van der Waals surface area contributed by atoms with Crippen LogP contribution in [0.25, 0.3) is 0 Å². The number of rotatable bonds is 6. The topological polar surface area (TPSA) is 93.2 Å². The first-order chi connectivity index (χ1) is 11.8. The Hall–Kier alpha value is -2.48. The molecule has 1 aromatic carbocycles. The van der Waals surface area contributed by atoms with Crippen molar-refractivity contribution in [2.75, 3.05) is 19.0 Å². The van der Waals surface area contributed by atoms with E-state index in [1.807, 2.05) is 20.8 Å². The van der Waals surface area contributed by atoms with Crippen LogP contribution >= 0.6 is 11.3 Å². The molecule has 25 heavy (non-hydrogen) atoms. The lowest BCUT2D eigenvalue weighted by Crippen LogP contribution is -2.27. The molecule has 1 aromatic heterocycles. The first-order valence-electron chi connectivity index (χ1n) is 7.85. The molecule has 0 saturated carbocycles. The highest BCUT2D eigenvalue weighted by molar-refractivity contribution is 7.15. The second-order valence-corrected chi connectivity index (χ2v) is 7.51. The van der Waals surface area contributed by atoms with Crippen molar-refractivity contribution in [3.63, 3.8) is 0 Å². The van der Waals surface area contributed by atoms with Crippen LogP contribution in [0.3, 0.4) is 0 Å². The Labute approximate surface area is 150 Å². The number of methoxy groups -OCH3 is 1. The summed E-state index contributed by atoms with van der Waals surface area (Å²) in [6, 6.07) is 6.96. The quantitative estimate of drug-likeness (QED) is 0.823. The Morgan fingerprint density at radius 1 is 1.24 bits per heavy atom. The highest BCUT2D eigenvalue weighted by Crippen LogP contribution is 2.20. The van der Waals surface area contributed by atoms with Gasteiger partial charge in [-0.3, -0.25) is 9.59 Å². The van der Waals surface area contributed by atoms with Crippen molar-refractivity contribution in [2.24, 2.45) is 5.41 Å². The monoisotopic (exact) mass is 362 g/mol. The predicted molar refractivity (Wildman–Crippen MR) is 97.0 cm³/mol. The van der Waals surface area contributed by atoms with E-state index in [0.29, 0.717) is 29.4 Å². The highest BCUT2D eigenvalue weighted by atomic mass is 32.1. The lowest BCUT2D eigenvalue weighted by atomic mass is 9.96. The third-order valence-corrected chi connectivity index (χ3v) is 4.22. The molecule has 0 aliphatic carbocycles. The molecule has 0 spiro atoms. The van der Waals surface area contributed by atoms with Gasteiger partial charge in [0.15, 0.2) is 0 Å². The molecule has 2 amide bonds. The summed E-state index contributed by atoms with van der Waals surface area (Å²) < 4.78 is 5.11. The van der Waals surface area contributed by atoms with E-state index in [9.17, 15) is 9.59 Å². The molecule has 0 unspecified atom stereocenters. The van der Waals surface area contributed by atoms with Crippen molar-refractivity contribution >= 4 is 28.3 Å². The zero-order valence-electron chi connectivity index (χ0n) is 14.8. The molecule has 0 fully saturated rings. The van der Waals surface area contributed by atoms with Gasteiger partial charge in [-0.25, -0.2) is 0 Å². The summed E-state index contributed by atoms with van der Waals surface area (Å²) >= 11 is 1.31. The SMILES string of the molecule is COc1cccc(C(=O)NCCc2nnc(NC(=O)C(C)(C)C)s2)c1. The molecule has 0 radical (unpaired) electrons. The summed E-state index contributed by atoms with van der Waals surface area (Å²) in [6.45, 7) is 5.92. The molecule has 7 nitrogen and oxygen atoms in total. The number of carbonyl (C=O) groups excluding carboxylic acids is 2. The average molecular weight is 362 g/mol. The normalized spacial score (nSPS) is 11.0. The summed E-state index contributed by atoms with van der Waals surface area (Å²) in [5.74, 6) is 0.349. The molecule has 0 bridgehead atoms. The second-order valence-electron chi connectivity index (χ2n) is 6.44. The Morgan fingerprint density at radius 3 is 2.68 bits per heavy atom. The number of benzene rings is 1. The van der Waals surface area contributed by atoms with Crippen LogP contribution in [-0.2, 0) is 11.2 Å². The van der Waals surface area contributed by atoms with Crippen molar-refractivity contribution in [1.82, 2.24) is 15.5 Å². The minimum atomic E-state index is -0.490. The number of nitrogens with zero attached hydrogens (tertiary/aromatic N) is 2. The number of hydrogen-bond acceptors (Lipinski definition) is 6. The van der Waals surface area contributed by atoms with Crippen LogP contribution in [0.1, 0.15) is 36.1 Å². The van der Waals surface area contributed by atoms with Gasteiger partial charge in [-0.15, -0.1) is 10.2 Å². The number of nitrogens with one attached hydrogen (secondary N) is 2. The molecule has 0 saturated heterocycles. The van der Waals surface area contributed by atoms with Crippen LogP contribution in [0.5, 0.6) is 5.75 Å². The number of amides is 2. The maximum absolute atomic E-state index is 12.1. The van der Waals surface area contributed by atoms with Gasteiger partial charge in [-0.2, -0.15) is 0 Å². The molecule has 8 heteroatoms. The lowest BCUT2D eigenvalue weighted by Gasteiger charge is -2.15. The molecule has 1 heterocycles. The van der Waals surface area contributed by atoms with Gasteiger partial charge in [0.1, 0.15) is 10.8 Å². The van der Waals surface area contributed by atoms with E-state index in [1.165, 1.54) is 11.3 Å². The third-order valence-electron chi connectivity index (χ3n) is 3.32. The largest absolute Gasteiger partial charge is 0.497 e. The predicted octanol–water partition coefficient (Wildman–Crippen LogP) is 2.50. The van der Waals surface area contributed by atoms with Crippen molar-refractivity contribution < 1.29 is 14.3 Å². The van der Waals surface area contributed by atoms with Crippen LogP contribution < -0.4 is 15.4 Å². The first kappa shape index (κ1) is 18.9. The Bertz CT molecular complexity index is 752. The Balaban J connectivity index is 1.84. The smallest absolute Gasteiger partial charge is 0.251 e. The van der Waals surface area contributed by atoms with Crippen LogP contribution in [0, 0.1) is 5.41 Å². The molecule has 2 aromatic rings. The summed E-state index contributed by atoms with van der Waals surface area (Å²) in [6.07, 6.45) is 0.540. The number of carbonyl (C=O) groups is 2. The van der Waals surface area contributed by atoms with Gasteiger partial charge in [0.25, 0.3) is 5.91 Å². The number of ether oxygens (including phenoxy) is 1. The van der Waals surface area contributed by atoms with Gasteiger partial charge in [0.2, 0.25) is 11.0 Å². The summed E-state index contributed by atoms with van der Waals surface area (Å²) in [4.78, 5) is 24.0. The van der Waals surface area contributed by atoms with Gasteiger partial charge in [-0.1, -0.05) is 38.2 Å². The van der Waals surface area contributed by atoms with Crippen molar-refractivity contribution in [3.8, 4) is 5.75 Å². The van der Waals surface area contributed by atoms with Crippen molar-refractivity contribution in [2.45, 2.75) is 27.2 Å². The summed E-state index contributed by atoms with van der Waals surface area (Å²) in [7, 11) is 1.56. The molecule has 2 N–H and O–H groups in total. The fourth-order valence-electron chi connectivity index (χ4n) is 1.84. The number of aromatic nitrogens is 2. The van der Waals surface area contributed by atoms with E-state index < -0.39 is 5.41 Å². The summed E-state index contributed by atoms with van der Waals surface area (Å²) in [5, 5.41) is 14.8. The highest BCUT2D eigenvalue weighted by Gasteiger charge is 2.22. The van der Waals surface area contributed by atoms with Crippen LogP contribution in [0.15, 0.2) is 24.3 Å². The van der Waals surface area contributed by atoms with Gasteiger partial charge in [0.05, 0.1) is 7.11 Å². The van der Waals surface area contributed by atoms with E-state index in [2.05, 4.69) is 20.8 Å². The van der Waals surface area contributed by atoms with E-state index >= 15 is 0 Å². The third kappa shape index (κ3) is 5.53. The number of anilines is 1. The average Bonchev–Trinajstić information content (AvgIpc) is 3.01. The molecule has 0 atom stereocenters. The minimum absolute atomic E-state index is 0.110. The van der Waals surface area contributed by atoms with Gasteiger partial charge < -0.3 is 15.4 Å². The zero-order valence-corrected chi connectivity index (χ0v) is 15.6. The van der Waals surface area contributed by atoms with E-state index in [4.69, 9.17) is 4.74 Å². The van der Waals surface area contributed by atoms with E-state index in [1.54, 1.807) is 31.4 Å².